The molecule has 54 valence electrons. The van der Waals surface area contributed by atoms with E-state index in [1.165, 1.54) is 6.92 Å². The molecule has 0 aromatic heterocycles. The van der Waals surface area contributed by atoms with Gasteiger partial charge in [-0.05, 0) is 12.8 Å². The van der Waals surface area contributed by atoms with Crippen LogP contribution in [0.2, 0.25) is 0 Å². The molecule has 3 heteroatoms. The van der Waals surface area contributed by atoms with Gasteiger partial charge >= 0.3 is 0 Å². The van der Waals surface area contributed by atoms with E-state index < -0.39 is 6.04 Å². The molecule has 0 amide bonds. The molecular weight excluding hydrogens is 118 g/mol. The molecule has 0 rings (SSSR count). The van der Waals surface area contributed by atoms with Crippen LogP contribution in [-0.2, 0) is 4.79 Å². The molecule has 9 heavy (non-hydrogen) atoms. The van der Waals surface area contributed by atoms with Gasteiger partial charge in [0.1, 0.15) is 5.78 Å². The molecule has 0 aliphatic rings. The van der Waals surface area contributed by atoms with Gasteiger partial charge in [0.15, 0.2) is 0 Å². The van der Waals surface area contributed by atoms with Crippen molar-refractivity contribution in [1.29, 1.82) is 0 Å². The molecule has 0 fully saturated rings. The molecule has 0 spiro atoms. The quantitative estimate of drug-likeness (QED) is 0.551. The highest BCUT2D eigenvalue weighted by atomic mass is 16.5. The summed E-state index contributed by atoms with van der Waals surface area (Å²) >= 11 is 0. The van der Waals surface area contributed by atoms with E-state index in [4.69, 9.17) is 5.21 Å². The third kappa shape index (κ3) is 2.58. The zero-order chi connectivity index (χ0) is 7.44. The van der Waals surface area contributed by atoms with Gasteiger partial charge in [0.25, 0.3) is 0 Å². The molecule has 0 bridgehead atoms. The lowest BCUT2D eigenvalue weighted by molar-refractivity contribution is -0.122. The molecule has 0 heterocycles. The minimum absolute atomic E-state index is 0.0347. The van der Waals surface area contributed by atoms with Crippen LogP contribution in [0.3, 0.4) is 0 Å². The first-order chi connectivity index (χ1) is 4.09. The third-order valence-electron chi connectivity index (χ3n) is 1.24. The maximum atomic E-state index is 10.6. The van der Waals surface area contributed by atoms with Crippen LogP contribution in [-0.4, -0.2) is 17.0 Å². The first-order valence-electron chi connectivity index (χ1n) is 2.99. The number of hydrogen-bond acceptors (Lipinski definition) is 3. The summed E-state index contributed by atoms with van der Waals surface area (Å²) in [7, 11) is 0. The fourth-order valence-electron chi connectivity index (χ4n) is 0.709. The predicted molar refractivity (Wildman–Crippen MR) is 34.2 cm³/mol. The Balaban J connectivity index is 3.83. The standard InChI is InChI=1S/C6H13NO2/c1-4(2)6(7-9)5(3)8/h4,6-7,9H,1-3H3/t6-/m0/s1. The average molecular weight is 131 g/mol. The third-order valence-corrected chi connectivity index (χ3v) is 1.24. The Morgan fingerprint density at radius 1 is 1.56 bits per heavy atom. The summed E-state index contributed by atoms with van der Waals surface area (Å²) in [5.74, 6) is 0.111. The molecule has 3 nitrogen and oxygen atoms in total. The molecule has 0 unspecified atom stereocenters. The van der Waals surface area contributed by atoms with E-state index in [0.717, 1.165) is 0 Å². The first-order valence-corrected chi connectivity index (χ1v) is 2.99. The highest BCUT2D eigenvalue weighted by Gasteiger charge is 2.15. The summed E-state index contributed by atoms with van der Waals surface area (Å²) in [4.78, 5) is 10.6. The van der Waals surface area contributed by atoms with Gasteiger partial charge < -0.3 is 5.21 Å². The number of hydrogen-bond donors (Lipinski definition) is 2. The van der Waals surface area contributed by atoms with Gasteiger partial charge in [0, 0.05) is 0 Å². The summed E-state index contributed by atoms with van der Waals surface area (Å²) in [6, 6.07) is -0.412. The Hall–Kier alpha value is -0.410. The van der Waals surface area contributed by atoms with Gasteiger partial charge in [-0.1, -0.05) is 13.8 Å². The topological polar surface area (TPSA) is 49.3 Å². The molecule has 0 radical (unpaired) electrons. The van der Waals surface area contributed by atoms with Gasteiger partial charge in [0.2, 0.25) is 0 Å². The summed E-state index contributed by atoms with van der Waals surface area (Å²) in [6.07, 6.45) is 0. The number of nitrogens with one attached hydrogen (secondary N) is 1. The van der Waals surface area contributed by atoms with Crippen molar-refractivity contribution in [2.24, 2.45) is 5.92 Å². The predicted octanol–water partition coefficient (Wildman–Crippen LogP) is 0.579. The van der Waals surface area contributed by atoms with E-state index in [0.29, 0.717) is 0 Å². The second kappa shape index (κ2) is 3.58. The molecule has 0 saturated heterocycles. The summed E-state index contributed by atoms with van der Waals surface area (Å²) in [5.41, 5.74) is 1.95. The lowest BCUT2D eigenvalue weighted by atomic mass is 10.0. The van der Waals surface area contributed by atoms with Crippen LogP contribution >= 0.6 is 0 Å². The van der Waals surface area contributed by atoms with E-state index in [1.807, 2.05) is 19.3 Å². The van der Waals surface area contributed by atoms with Gasteiger partial charge in [-0.15, -0.1) is 0 Å². The van der Waals surface area contributed by atoms with E-state index in [2.05, 4.69) is 0 Å². The van der Waals surface area contributed by atoms with Crippen LogP contribution in [0.25, 0.3) is 0 Å². The van der Waals surface area contributed by atoms with E-state index in [-0.39, 0.29) is 11.7 Å². The number of Topliss-reactive ketones (excluding diaryl/α,β-unsaturated/α-hetero) is 1. The molecule has 0 aromatic carbocycles. The monoisotopic (exact) mass is 131 g/mol. The second-order valence-corrected chi connectivity index (χ2v) is 2.46. The molecule has 2 N–H and O–H groups in total. The van der Waals surface area contributed by atoms with Crippen LogP contribution in [0.5, 0.6) is 0 Å². The number of carbonyl (C=O) groups is 1. The number of hydroxylamine groups is 1. The number of carbonyl (C=O) groups excluding carboxylic acids is 1. The number of ketones is 1. The Morgan fingerprint density at radius 2 is 2.00 bits per heavy atom. The SMILES string of the molecule is CC(=O)[C@@H](NO)C(C)C. The molecular formula is C6H13NO2. The van der Waals surface area contributed by atoms with Gasteiger partial charge in [-0.25, -0.2) is 0 Å². The Labute approximate surface area is 55.0 Å². The van der Waals surface area contributed by atoms with Crippen molar-refractivity contribution in [3.05, 3.63) is 0 Å². The Bertz CT molecular complexity index is 101. The molecule has 1 atom stereocenters. The molecule has 0 aliphatic carbocycles. The van der Waals surface area contributed by atoms with Gasteiger partial charge in [-0.3, -0.25) is 4.79 Å². The Morgan fingerprint density at radius 3 is 2.00 bits per heavy atom. The normalized spacial score (nSPS) is 13.9. The molecule has 0 aromatic rings. The van der Waals surface area contributed by atoms with Crippen LogP contribution < -0.4 is 5.48 Å². The van der Waals surface area contributed by atoms with Crippen LogP contribution in [0.15, 0.2) is 0 Å². The van der Waals surface area contributed by atoms with Crippen molar-refractivity contribution in [2.45, 2.75) is 26.8 Å². The highest BCUT2D eigenvalue weighted by Crippen LogP contribution is 2.00. The number of rotatable bonds is 3. The van der Waals surface area contributed by atoms with Crippen molar-refractivity contribution in [3.63, 3.8) is 0 Å². The first kappa shape index (κ1) is 8.59. The van der Waals surface area contributed by atoms with Crippen molar-refractivity contribution in [2.75, 3.05) is 0 Å². The Kier molecular flexibility index (Phi) is 3.42. The summed E-state index contributed by atoms with van der Waals surface area (Å²) < 4.78 is 0. The fourth-order valence-corrected chi connectivity index (χ4v) is 0.709. The maximum absolute atomic E-state index is 10.6. The highest BCUT2D eigenvalue weighted by molar-refractivity contribution is 5.81. The zero-order valence-electron chi connectivity index (χ0n) is 6.01. The summed E-state index contributed by atoms with van der Waals surface area (Å²) in [6.45, 7) is 5.19. The smallest absolute Gasteiger partial charge is 0.149 e. The zero-order valence-corrected chi connectivity index (χ0v) is 6.01. The van der Waals surface area contributed by atoms with Crippen molar-refractivity contribution < 1.29 is 10.0 Å². The van der Waals surface area contributed by atoms with E-state index in [9.17, 15) is 4.79 Å². The van der Waals surface area contributed by atoms with Gasteiger partial charge in [-0.2, -0.15) is 5.48 Å². The minimum atomic E-state index is -0.412. The van der Waals surface area contributed by atoms with E-state index >= 15 is 0 Å². The van der Waals surface area contributed by atoms with Crippen LogP contribution in [0.4, 0.5) is 0 Å². The van der Waals surface area contributed by atoms with Gasteiger partial charge in [0.05, 0.1) is 6.04 Å². The van der Waals surface area contributed by atoms with Crippen molar-refractivity contribution >= 4 is 5.78 Å². The van der Waals surface area contributed by atoms with E-state index in [1.54, 1.807) is 0 Å². The van der Waals surface area contributed by atoms with Crippen molar-refractivity contribution in [3.8, 4) is 0 Å². The lowest BCUT2D eigenvalue weighted by Crippen LogP contribution is -2.37. The molecule has 0 aliphatic heterocycles. The largest absolute Gasteiger partial charge is 0.316 e. The maximum Gasteiger partial charge on any atom is 0.149 e. The minimum Gasteiger partial charge on any atom is -0.316 e. The van der Waals surface area contributed by atoms with Crippen molar-refractivity contribution in [1.82, 2.24) is 5.48 Å². The fraction of sp³-hybridized carbons (Fsp3) is 0.833. The van der Waals surface area contributed by atoms with Crippen LogP contribution in [0, 0.1) is 5.92 Å². The van der Waals surface area contributed by atoms with Crippen LogP contribution in [0.1, 0.15) is 20.8 Å². The lowest BCUT2D eigenvalue weighted by Gasteiger charge is -2.14. The average Bonchev–Trinajstić information content (AvgIpc) is 1.64. The second-order valence-electron chi connectivity index (χ2n) is 2.46. The molecule has 0 saturated carbocycles. The summed E-state index contributed by atoms with van der Waals surface area (Å²) in [5, 5.41) is 8.40.